The van der Waals surface area contributed by atoms with Gasteiger partial charge >= 0.3 is 5.97 Å². The number of carbonyl (C=O) groups is 2. The van der Waals surface area contributed by atoms with Crippen LogP contribution in [-0.2, 0) is 27.2 Å². The second kappa shape index (κ2) is 11.7. The lowest BCUT2D eigenvalue weighted by molar-refractivity contribution is -0.140. The first-order valence-corrected chi connectivity index (χ1v) is 9.94. The molecule has 0 saturated carbocycles. The lowest BCUT2D eigenvalue weighted by atomic mass is 10.0. The van der Waals surface area contributed by atoms with E-state index in [1.54, 1.807) is 0 Å². The molecule has 0 atom stereocenters. The molecule has 0 heterocycles. The quantitative estimate of drug-likeness (QED) is 0.269. The third kappa shape index (κ3) is 6.96. The van der Waals surface area contributed by atoms with Gasteiger partial charge in [0.25, 0.3) is 0 Å². The molecule has 0 radical (unpaired) electrons. The van der Waals surface area contributed by atoms with Crippen molar-refractivity contribution in [2.75, 3.05) is 12.4 Å². The molecule has 4 N–H and O–H groups in total. The highest BCUT2D eigenvalue weighted by Crippen LogP contribution is 2.21. The summed E-state index contributed by atoms with van der Waals surface area (Å²) >= 11 is 0. The topological polar surface area (TPSA) is 105 Å². The molecule has 32 heavy (non-hydrogen) atoms. The number of methoxy groups -OCH3 is 1. The molecule has 166 valence electrons. The van der Waals surface area contributed by atoms with Gasteiger partial charge in [-0.2, -0.15) is 0 Å². The maximum atomic E-state index is 12.4. The van der Waals surface area contributed by atoms with Crippen molar-refractivity contribution in [1.82, 2.24) is 0 Å². The second-order valence-electron chi connectivity index (χ2n) is 7.19. The van der Waals surface area contributed by atoms with E-state index in [1.807, 2.05) is 72.8 Å². The Kier molecular flexibility index (Phi) is 8.98. The minimum absolute atomic E-state index is 0. The number of hydrogen-bond acceptors (Lipinski definition) is 4. The fourth-order valence-electron chi connectivity index (χ4n) is 3.20. The van der Waals surface area contributed by atoms with Crippen LogP contribution in [0.2, 0.25) is 0 Å². The number of halogens is 1. The van der Waals surface area contributed by atoms with E-state index in [0.29, 0.717) is 24.1 Å². The average molecular weight is 452 g/mol. The van der Waals surface area contributed by atoms with Crippen LogP contribution in [0.5, 0.6) is 0 Å². The molecular weight excluding hydrogens is 426 g/mol. The molecule has 0 fully saturated rings. The minimum Gasteiger partial charge on any atom is -0.469 e. The summed E-state index contributed by atoms with van der Waals surface area (Å²) in [5.74, 6) is -0.321. The van der Waals surface area contributed by atoms with E-state index >= 15 is 0 Å². The van der Waals surface area contributed by atoms with E-state index in [-0.39, 0.29) is 36.5 Å². The summed E-state index contributed by atoms with van der Waals surface area (Å²) in [6.07, 6.45) is 1.12. The number of nitrogen functional groups attached to an aromatic ring is 1. The normalized spacial score (nSPS) is 10.0. The number of rotatable bonds is 8. The molecule has 0 aliphatic rings. The molecule has 3 aromatic rings. The summed E-state index contributed by atoms with van der Waals surface area (Å²) in [5, 5.41) is 10.4. The lowest BCUT2D eigenvalue weighted by Gasteiger charge is -2.09. The molecule has 0 bridgehead atoms. The van der Waals surface area contributed by atoms with Crippen LogP contribution in [-0.4, -0.2) is 24.8 Å². The summed E-state index contributed by atoms with van der Waals surface area (Å²) in [5.41, 5.74) is 10.8. The maximum Gasteiger partial charge on any atom is 0.305 e. The van der Waals surface area contributed by atoms with Gasteiger partial charge in [-0.1, -0.05) is 60.7 Å². The average Bonchev–Trinajstić information content (AvgIpc) is 2.78. The Labute approximate surface area is 193 Å². The molecule has 1 amide bonds. The molecule has 6 nitrogen and oxygen atoms in total. The van der Waals surface area contributed by atoms with Crippen molar-refractivity contribution >= 4 is 35.8 Å². The van der Waals surface area contributed by atoms with Crippen molar-refractivity contribution in [3.8, 4) is 11.1 Å². The second-order valence-corrected chi connectivity index (χ2v) is 7.19. The Morgan fingerprint density at radius 3 is 2.16 bits per heavy atom. The standard InChI is InChI=1S/C25H25N3O3.ClH/c1-31-24(30)14-7-17-3-2-4-22(15-17)28-23(29)16-18-5-8-19(9-6-18)20-10-12-21(13-11-20)25(26)27;/h2-6,8-13,15H,7,14,16H2,1H3,(H3,26,27)(H,28,29);1H. The van der Waals surface area contributed by atoms with E-state index in [4.69, 9.17) is 11.1 Å². The van der Waals surface area contributed by atoms with Crippen molar-refractivity contribution in [2.45, 2.75) is 19.3 Å². The number of benzene rings is 3. The SMILES string of the molecule is COC(=O)CCc1cccc(NC(=O)Cc2ccc(-c3ccc(C(=N)N)cc3)cc2)c1.Cl. The van der Waals surface area contributed by atoms with Crippen LogP contribution in [0.25, 0.3) is 11.1 Å². The number of amidine groups is 1. The molecule has 0 aromatic heterocycles. The Morgan fingerprint density at radius 1 is 0.938 bits per heavy atom. The summed E-state index contributed by atoms with van der Waals surface area (Å²) in [4.78, 5) is 23.7. The number of ether oxygens (including phenoxy) is 1. The van der Waals surface area contributed by atoms with Crippen LogP contribution in [0.3, 0.4) is 0 Å². The van der Waals surface area contributed by atoms with Gasteiger partial charge in [0, 0.05) is 17.7 Å². The molecule has 0 aliphatic carbocycles. The molecule has 3 rings (SSSR count). The van der Waals surface area contributed by atoms with Gasteiger partial charge < -0.3 is 15.8 Å². The highest BCUT2D eigenvalue weighted by molar-refractivity contribution is 5.95. The fourth-order valence-corrected chi connectivity index (χ4v) is 3.20. The predicted molar refractivity (Wildman–Crippen MR) is 129 cm³/mol. The van der Waals surface area contributed by atoms with E-state index in [1.165, 1.54) is 7.11 Å². The van der Waals surface area contributed by atoms with Crippen molar-refractivity contribution in [2.24, 2.45) is 5.73 Å². The monoisotopic (exact) mass is 451 g/mol. The number of amides is 1. The summed E-state index contributed by atoms with van der Waals surface area (Å²) in [6.45, 7) is 0. The van der Waals surface area contributed by atoms with Gasteiger partial charge in [0.1, 0.15) is 5.84 Å². The number of esters is 1. The first-order valence-electron chi connectivity index (χ1n) is 9.94. The molecular formula is C25H26ClN3O3. The van der Waals surface area contributed by atoms with Gasteiger partial charge in [-0.05, 0) is 40.8 Å². The number of nitrogens with one attached hydrogen (secondary N) is 2. The number of carbonyl (C=O) groups excluding carboxylic acids is 2. The third-order valence-electron chi connectivity index (χ3n) is 4.90. The Balaban J connectivity index is 0.00000363. The number of hydrogen-bond donors (Lipinski definition) is 3. The number of aryl methyl sites for hydroxylation is 1. The summed E-state index contributed by atoms with van der Waals surface area (Å²) in [7, 11) is 1.37. The van der Waals surface area contributed by atoms with Crippen molar-refractivity contribution in [1.29, 1.82) is 5.41 Å². The Hall–Kier alpha value is -3.64. The maximum absolute atomic E-state index is 12.4. The number of nitrogens with two attached hydrogens (primary N) is 1. The molecule has 0 spiro atoms. The van der Waals surface area contributed by atoms with Crippen LogP contribution in [0.4, 0.5) is 5.69 Å². The van der Waals surface area contributed by atoms with E-state index in [9.17, 15) is 9.59 Å². The zero-order valence-electron chi connectivity index (χ0n) is 17.8. The zero-order chi connectivity index (χ0) is 22.2. The molecule has 0 unspecified atom stereocenters. The van der Waals surface area contributed by atoms with Crippen molar-refractivity contribution in [3.05, 3.63) is 89.5 Å². The first kappa shape index (κ1) is 24.6. The molecule has 3 aromatic carbocycles. The highest BCUT2D eigenvalue weighted by Gasteiger charge is 2.07. The Bertz CT molecular complexity index is 1080. The van der Waals surface area contributed by atoms with Crippen LogP contribution in [0, 0.1) is 5.41 Å². The smallest absolute Gasteiger partial charge is 0.305 e. The van der Waals surface area contributed by atoms with Crippen LogP contribution in [0.15, 0.2) is 72.8 Å². The van der Waals surface area contributed by atoms with Gasteiger partial charge in [-0.25, -0.2) is 0 Å². The number of anilines is 1. The molecule has 0 saturated heterocycles. The summed E-state index contributed by atoms with van der Waals surface area (Å²) < 4.78 is 4.66. The minimum atomic E-state index is -0.257. The summed E-state index contributed by atoms with van der Waals surface area (Å²) in [6, 6.07) is 22.8. The third-order valence-corrected chi connectivity index (χ3v) is 4.90. The van der Waals surface area contributed by atoms with Gasteiger partial charge in [-0.15, -0.1) is 12.4 Å². The van der Waals surface area contributed by atoms with Crippen LogP contribution >= 0.6 is 12.4 Å². The van der Waals surface area contributed by atoms with Crippen LogP contribution in [0.1, 0.15) is 23.1 Å². The Morgan fingerprint density at radius 2 is 1.56 bits per heavy atom. The van der Waals surface area contributed by atoms with Crippen LogP contribution < -0.4 is 11.1 Å². The van der Waals surface area contributed by atoms with E-state index in [2.05, 4.69) is 10.1 Å². The molecule has 0 aliphatic heterocycles. The van der Waals surface area contributed by atoms with Crippen molar-refractivity contribution in [3.63, 3.8) is 0 Å². The lowest BCUT2D eigenvalue weighted by Crippen LogP contribution is -2.14. The predicted octanol–water partition coefficient (Wildman–Crippen LogP) is 4.35. The zero-order valence-corrected chi connectivity index (χ0v) is 18.6. The first-order chi connectivity index (χ1) is 14.9. The van der Waals surface area contributed by atoms with E-state index in [0.717, 1.165) is 22.3 Å². The van der Waals surface area contributed by atoms with E-state index < -0.39 is 0 Å². The van der Waals surface area contributed by atoms with Crippen molar-refractivity contribution < 1.29 is 14.3 Å². The highest BCUT2D eigenvalue weighted by atomic mass is 35.5. The largest absolute Gasteiger partial charge is 0.469 e. The molecule has 7 heteroatoms. The van der Waals surface area contributed by atoms with Gasteiger partial charge in [-0.3, -0.25) is 15.0 Å². The van der Waals surface area contributed by atoms with Gasteiger partial charge in [0.15, 0.2) is 0 Å². The van der Waals surface area contributed by atoms with Gasteiger partial charge in [0.05, 0.1) is 13.5 Å². The van der Waals surface area contributed by atoms with Gasteiger partial charge in [0.2, 0.25) is 5.91 Å². The fraction of sp³-hybridized carbons (Fsp3) is 0.160.